The molecule has 2 aromatic rings. The third kappa shape index (κ3) is 1.04. The molecular formula is C10H6N2O2. The molecule has 4 nitrogen and oxygen atoms in total. The molecule has 0 heterocycles. The number of hydrogen-bond acceptors (Lipinski definition) is 3. The van der Waals surface area contributed by atoms with Gasteiger partial charge in [0.25, 0.3) is 0 Å². The van der Waals surface area contributed by atoms with Gasteiger partial charge < -0.3 is 10.2 Å². The number of aromatic hydroxyl groups is 1. The minimum Gasteiger partial charge on any atom is -0.867 e. The predicted octanol–water partition coefficient (Wildman–Crippen LogP) is 2.10. The van der Waals surface area contributed by atoms with Crippen molar-refractivity contribution in [3.8, 4) is 11.5 Å². The number of fused-ring (bicyclic) bond motifs is 1. The molecule has 0 aliphatic rings. The van der Waals surface area contributed by atoms with E-state index in [0.29, 0.717) is 10.8 Å². The highest BCUT2D eigenvalue weighted by atomic mass is 16.3. The fourth-order valence-electron chi connectivity index (χ4n) is 1.38. The first-order valence-electron chi connectivity index (χ1n) is 4.01. The van der Waals surface area contributed by atoms with Crippen LogP contribution < -0.4 is 5.11 Å². The Bertz CT molecular complexity index is 544. The van der Waals surface area contributed by atoms with Gasteiger partial charge in [-0.1, -0.05) is 12.1 Å². The molecule has 0 unspecified atom stereocenters. The summed E-state index contributed by atoms with van der Waals surface area (Å²) in [4.78, 5) is 2.86. The summed E-state index contributed by atoms with van der Waals surface area (Å²) in [6.45, 7) is 0. The molecule has 0 aromatic heterocycles. The first-order valence-corrected chi connectivity index (χ1v) is 4.01. The largest absolute Gasteiger partial charge is 0.867 e. The highest BCUT2D eigenvalue weighted by Gasteiger charge is 2.09. The molecule has 4 heteroatoms. The third-order valence-corrected chi connectivity index (χ3v) is 2.08. The maximum absolute atomic E-state index is 11.5. The van der Waals surface area contributed by atoms with E-state index < -0.39 is 0 Å². The van der Waals surface area contributed by atoms with Crippen molar-refractivity contribution in [3.63, 3.8) is 0 Å². The smallest absolute Gasteiger partial charge is 0.378 e. The van der Waals surface area contributed by atoms with Gasteiger partial charge in [0.05, 0.1) is 0 Å². The van der Waals surface area contributed by atoms with Gasteiger partial charge in [0.2, 0.25) is 5.39 Å². The molecule has 0 aliphatic heterocycles. The van der Waals surface area contributed by atoms with E-state index in [1.165, 1.54) is 12.1 Å². The Morgan fingerprint density at radius 1 is 1.14 bits per heavy atom. The van der Waals surface area contributed by atoms with Crippen molar-refractivity contribution in [3.05, 3.63) is 35.3 Å². The molecule has 14 heavy (non-hydrogen) atoms. The Kier molecular flexibility index (Phi) is 1.72. The zero-order valence-corrected chi connectivity index (χ0v) is 7.14. The second-order valence-corrected chi connectivity index (χ2v) is 2.89. The Morgan fingerprint density at radius 3 is 2.64 bits per heavy atom. The molecule has 0 aliphatic carbocycles. The average Bonchev–Trinajstić information content (AvgIpc) is 2.20. The van der Waals surface area contributed by atoms with Crippen LogP contribution in [0.5, 0.6) is 11.5 Å². The van der Waals surface area contributed by atoms with Gasteiger partial charge in [-0.3, -0.25) is 0 Å². The molecule has 0 saturated heterocycles. The molecule has 0 spiro atoms. The molecule has 0 saturated carbocycles. The number of benzene rings is 2. The molecule has 2 aromatic carbocycles. The fraction of sp³-hybridized carbons (Fsp3) is 0. The van der Waals surface area contributed by atoms with Gasteiger partial charge in [-0.25, -0.2) is 0 Å². The van der Waals surface area contributed by atoms with E-state index in [1.807, 2.05) is 0 Å². The predicted molar refractivity (Wildman–Crippen MR) is 49.8 cm³/mol. The molecule has 0 bridgehead atoms. The Balaban J connectivity index is 2.92. The van der Waals surface area contributed by atoms with Crippen molar-refractivity contribution >= 4 is 16.5 Å². The van der Waals surface area contributed by atoms with Crippen molar-refractivity contribution in [1.82, 2.24) is 0 Å². The SMILES string of the molecule is N#[N+]c1ccc2c(O)cccc2c1[O-]. The number of diazo groups is 1. The topological polar surface area (TPSA) is 71.4 Å². The lowest BCUT2D eigenvalue weighted by atomic mass is 10.1. The zero-order chi connectivity index (χ0) is 10.1. The highest BCUT2D eigenvalue weighted by Crippen LogP contribution is 2.35. The van der Waals surface area contributed by atoms with E-state index in [0.717, 1.165) is 0 Å². The first kappa shape index (κ1) is 8.32. The lowest BCUT2D eigenvalue weighted by molar-refractivity contribution is -0.264. The summed E-state index contributed by atoms with van der Waals surface area (Å²) in [5, 5.41) is 30.3. The second-order valence-electron chi connectivity index (χ2n) is 2.89. The number of phenols is 1. The van der Waals surface area contributed by atoms with Crippen LogP contribution in [0.15, 0.2) is 30.3 Å². The summed E-state index contributed by atoms with van der Waals surface area (Å²) in [6.07, 6.45) is 0. The van der Waals surface area contributed by atoms with Crippen LogP contribution in [-0.2, 0) is 0 Å². The Hall–Kier alpha value is -2.28. The van der Waals surface area contributed by atoms with Gasteiger partial charge in [-0.05, 0) is 23.3 Å². The zero-order valence-electron chi connectivity index (χ0n) is 7.14. The second kappa shape index (κ2) is 2.89. The minimum atomic E-state index is -0.388. The first-order chi connectivity index (χ1) is 6.74. The molecule has 68 valence electrons. The number of nitrogens with zero attached hydrogens (tertiary/aromatic N) is 2. The molecular weight excluding hydrogens is 180 g/mol. The van der Waals surface area contributed by atoms with Crippen molar-refractivity contribution < 1.29 is 10.2 Å². The monoisotopic (exact) mass is 186 g/mol. The summed E-state index contributed by atoms with van der Waals surface area (Å²) in [7, 11) is 0. The van der Waals surface area contributed by atoms with E-state index >= 15 is 0 Å². The molecule has 0 radical (unpaired) electrons. The minimum absolute atomic E-state index is 0.0249. The van der Waals surface area contributed by atoms with Crippen LogP contribution in [0.1, 0.15) is 0 Å². The fourth-order valence-corrected chi connectivity index (χ4v) is 1.38. The molecule has 0 atom stereocenters. The summed E-state index contributed by atoms with van der Waals surface area (Å²) in [5.41, 5.74) is -0.0249. The van der Waals surface area contributed by atoms with Crippen LogP contribution in [0, 0.1) is 5.39 Å². The summed E-state index contributed by atoms with van der Waals surface area (Å²) < 4.78 is 0. The summed E-state index contributed by atoms with van der Waals surface area (Å²) in [5.74, 6) is -0.343. The van der Waals surface area contributed by atoms with Crippen molar-refractivity contribution in [2.75, 3.05) is 0 Å². The van der Waals surface area contributed by atoms with Gasteiger partial charge in [-0.15, -0.1) is 0 Å². The van der Waals surface area contributed by atoms with E-state index in [9.17, 15) is 10.2 Å². The number of phenolic OH excluding ortho intramolecular Hbond substituents is 1. The quantitative estimate of drug-likeness (QED) is 0.640. The van der Waals surface area contributed by atoms with E-state index in [2.05, 4.69) is 4.98 Å². The van der Waals surface area contributed by atoms with Crippen LogP contribution >= 0.6 is 0 Å². The van der Waals surface area contributed by atoms with Crippen LogP contribution in [-0.4, -0.2) is 5.11 Å². The Morgan fingerprint density at radius 2 is 1.93 bits per heavy atom. The lowest BCUT2D eigenvalue weighted by Crippen LogP contribution is -1.91. The maximum Gasteiger partial charge on any atom is 0.378 e. The van der Waals surface area contributed by atoms with Gasteiger partial charge >= 0.3 is 5.69 Å². The Labute approximate surface area is 79.7 Å². The van der Waals surface area contributed by atoms with Gasteiger partial charge in [0.1, 0.15) is 5.75 Å². The summed E-state index contributed by atoms with van der Waals surface area (Å²) in [6, 6.07) is 7.55. The highest BCUT2D eigenvalue weighted by molar-refractivity contribution is 5.96. The number of rotatable bonds is 0. The van der Waals surface area contributed by atoms with Crippen molar-refractivity contribution in [2.45, 2.75) is 0 Å². The van der Waals surface area contributed by atoms with E-state index in [-0.39, 0.29) is 17.2 Å². The molecule has 1 N–H and O–H groups in total. The molecule has 2 rings (SSSR count). The van der Waals surface area contributed by atoms with Crippen LogP contribution in [0.3, 0.4) is 0 Å². The van der Waals surface area contributed by atoms with Crippen LogP contribution in [0.25, 0.3) is 15.7 Å². The van der Waals surface area contributed by atoms with E-state index in [1.54, 1.807) is 18.2 Å². The van der Waals surface area contributed by atoms with Gasteiger partial charge in [0, 0.05) is 11.5 Å². The molecule has 0 fully saturated rings. The van der Waals surface area contributed by atoms with Crippen LogP contribution in [0.4, 0.5) is 5.69 Å². The number of hydrogen-bond donors (Lipinski definition) is 1. The summed E-state index contributed by atoms with van der Waals surface area (Å²) >= 11 is 0. The lowest BCUT2D eigenvalue weighted by Gasteiger charge is -2.07. The molecule has 0 amide bonds. The normalized spacial score (nSPS) is 9.93. The van der Waals surface area contributed by atoms with E-state index in [4.69, 9.17) is 5.39 Å². The van der Waals surface area contributed by atoms with Crippen molar-refractivity contribution in [2.24, 2.45) is 0 Å². The van der Waals surface area contributed by atoms with Gasteiger partial charge in [-0.2, -0.15) is 0 Å². The van der Waals surface area contributed by atoms with Crippen LogP contribution in [0.2, 0.25) is 0 Å². The van der Waals surface area contributed by atoms with Gasteiger partial charge in [0.15, 0.2) is 4.98 Å². The standard InChI is InChI=1S/C10H6N2O2/c11-12-8-5-4-6-7(10(8)14)2-1-3-9(6)13/h1-5,11H. The third-order valence-electron chi connectivity index (χ3n) is 2.08. The van der Waals surface area contributed by atoms with Crippen molar-refractivity contribution in [1.29, 1.82) is 5.39 Å². The average molecular weight is 186 g/mol. The maximum atomic E-state index is 11.5.